The Labute approximate surface area is 120 Å². The fraction of sp³-hybridized carbons (Fsp3) is 0.385. The van der Waals surface area contributed by atoms with E-state index in [-0.39, 0.29) is 0 Å². The van der Waals surface area contributed by atoms with E-state index in [0.717, 1.165) is 22.3 Å². The average Bonchev–Trinajstić information content (AvgIpc) is 2.74. The Balaban J connectivity index is 2.01. The van der Waals surface area contributed by atoms with Crippen molar-refractivity contribution in [3.05, 3.63) is 44.6 Å². The first kappa shape index (κ1) is 13.6. The van der Waals surface area contributed by atoms with Crippen molar-refractivity contribution in [1.82, 2.24) is 15.3 Å². The van der Waals surface area contributed by atoms with Gasteiger partial charge < -0.3 is 5.32 Å². The van der Waals surface area contributed by atoms with E-state index < -0.39 is 0 Å². The molecule has 0 amide bonds. The van der Waals surface area contributed by atoms with Gasteiger partial charge in [0, 0.05) is 34.7 Å². The molecule has 0 aliphatic carbocycles. The number of hydrogen-bond acceptors (Lipinski definition) is 4. The molecule has 0 spiro atoms. The molecule has 5 heteroatoms. The molecule has 2 aromatic rings. The number of hydrogen-bond donors (Lipinski definition) is 1. The molecule has 1 atom stereocenters. The second-order valence-corrected chi connectivity index (χ2v) is 6.24. The van der Waals surface area contributed by atoms with Gasteiger partial charge in [0.2, 0.25) is 0 Å². The van der Waals surface area contributed by atoms with Gasteiger partial charge in [-0.3, -0.25) is 4.98 Å². The van der Waals surface area contributed by atoms with E-state index in [1.807, 2.05) is 26.4 Å². The van der Waals surface area contributed by atoms with E-state index in [4.69, 9.17) is 0 Å². The standard InChI is InChI=1S/C13H16BrN3S/c1-9-17-13(8-18-9)5-12(15-2)4-10-3-11(14)7-16-6-10/h3,6-8,12,15H,4-5H2,1-2H3. The zero-order valence-electron chi connectivity index (χ0n) is 10.5. The molecule has 0 fully saturated rings. The number of thiazole rings is 1. The van der Waals surface area contributed by atoms with Gasteiger partial charge in [0.15, 0.2) is 0 Å². The quantitative estimate of drug-likeness (QED) is 0.918. The van der Waals surface area contributed by atoms with Crippen LogP contribution < -0.4 is 5.32 Å². The largest absolute Gasteiger partial charge is 0.316 e. The van der Waals surface area contributed by atoms with E-state index in [9.17, 15) is 0 Å². The Morgan fingerprint density at radius 2 is 2.22 bits per heavy atom. The summed E-state index contributed by atoms with van der Waals surface area (Å²) in [4.78, 5) is 8.71. The highest BCUT2D eigenvalue weighted by Crippen LogP contribution is 2.14. The number of halogens is 1. The lowest BCUT2D eigenvalue weighted by atomic mass is 10.0. The molecule has 96 valence electrons. The van der Waals surface area contributed by atoms with Crippen LogP contribution >= 0.6 is 27.3 Å². The minimum Gasteiger partial charge on any atom is -0.316 e. The van der Waals surface area contributed by atoms with E-state index in [2.05, 4.69) is 42.7 Å². The molecule has 18 heavy (non-hydrogen) atoms. The summed E-state index contributed by atoms with van der Waals surface area (Å²) in [5, 5.41) is 6.62. The number of pyridine rings is 1. The number of aromatic nitrogens is 2. The van der Waals surface area contributed by atoms with Crippen LogP contribution in [0.3, 0.4) is 0 Å². The van der Waals surface area contributed by atoms with Crippen LogP contribution in [0.2, 0.25) is 0 Å². The highest BCUT2D eigenvalue weighted by atomic mass is 79.9. The van der Waals surface area contributed by atoms with Gasteiger partial charge in [0.1, 0.15) is 0 Å². The molecule has 3 nitrogen and oxygen atoms in total. The zero-order valence-corrected chi connectivity index (χ0v) is 12.9. The lowest BCUT2D eigenvalue weighted by molar-refractivity contribution is 0.550. The Morgan fingerprint density at radius 1 is 1.39 bits per heavy atom. The minimum absolute atomic E-state index is 0.391. The number of aryl methyl sites for hydroxylation is 1. The third-order valence-corrected chi connectivity index (χ3v) is 4.03. The second kappa shape index (κ2) is 6.41. The average molecular weight is 326 g/mol. The van der Waals surface area contributed by atoms with Crippen LogP contribution in [0.4, 0.5) is 0 Å². The summed E-state index contributed by atoms with van der Waals surface area (Å²) in [6, 6.07) is 2.51. The third kappa shape index (κ3) is 3.86. The molecule has 0 bridgehead atoms. The topological polar surface area (TPSA) is 37.8 Å². The molecule has 0 saturated carbocycles. The van der Waals surface area contributed by atoms with Crippen molar-refractivity contribution >= 4 is 27.3 Å². The normalized spacial score (nSPS) is 12.6. The molecule has 0 aliphatic heterocycles. The van der Waals surface area contributed by atoms with Crippen molar-refractivity contribution in [1.29, 1.82) is 0 Å². The van der Waals surface area contributed by atoms with Crippen molar-refractivity contribution in [2.45, 2.75) is 25.8 Å². The SMILES string of the molecule is CNC(Cc1cncc(Br)c1)Cc1csc(C)n1. The lowest BCUT2D eigenvalue weighted by Crippen LogP contribution is -2.30. The molecule has 1 N–H and O–H groups in total. The van der Waals surface area contributed by atoms with Gasteiger partial charge >= 0.3 is 0 Å². The molecule has 0 saturated heterocycles. The summed E-state index contributed by atoms with van der Waals surface area (Å²) >= 11 is 5.16. The molecule has 1 unspecified atom stereocenters. The molecule has 2 heterocycles. The van der Waals surface area contributed by atoms with Crippen molar-refractivity contribution in [3.8, 4) is 0 Å². The number of rotatable bonds is 5. The van der Waals surface area contributed by atoms with Gasteiger partial charge in [-0.15, -0.1) is 11.3 Å². The highest BCUT2D eigenvalue weighted by Gasteiger charge is 2.10. The van der Waals surface area contributed by atoms with E-state index in [1.165, 1.54) is 11.3 Å². The predicted octanol–water partition coefficient (Wildman–Crippen LogP) is 2.98. The van der Waals surface area contributed by atoms with Crippen molar-refractivity contribution in [2.24, 2.45) is 0 Å². The fourth-order valence-electron chi connectivity index (χ4n) is 1.88. The molecule has 2 rings (SSSR count). The number of likely N-dealkylation sites (N-methyl/N-ethyl adjacent to an activating group) is 1. The van der Waals surface area contributed by atoms with E-state index in [1.54, 1.807) is 11.3 Å². The summed E-state index contributed by atoms with van der Waals surface area (Å²) in [6.45, 7) is 2.04. The smallest absolute Gasteiger partial charge is 0.0897 e. The van der Waals surface area contributed by atoms with Crippen LogP contribution in [0.25, 0.3) is 0 Å². The fourth-order valence-corrected chi connectivity index (χ4v) is 2.92. The van der Waals surface area contributed by atoms with E-state index in [0.29, 0.717) is 6.04 Å². The maximum Gasteiger partial charge on any atom is 0.0897 e. The van der Waals surface area contributed by atoms with Gasteiger partial charge in [0.05, 0.1) is 10.7 Å². The van der Waals surface area contributed by atoms with Crippen LogP contribution in [0.15, 0.2) is 28.3 Å². The summed E-state index contributed by atoms with van der Waals surface area (Å²) in [5.74, 6) is 0. The zero-order chi connectivity index (χ0) is 13.0. The molecular weight excluding hydrogens is 310 g/mol. The maximum atomic E-state index is 4.51. The van der Waals surface area contributed by atoms with Crippen LogP contribution in [-0.2, 0) is 12.8 Å². The first-order chi connectivity index (χ1) is 8.67. The van der Waals surface area contributed by atoms with Gasteiger partial charge in [-0.2, -0.15) is 0 Å². The predicted molar refractivity (Wildman–Crippen MR) is 79.0 cm³/mol. The van der Waals surface area contributed by atoms with Gasteiger partial charge in [-0.1, -0.05) is 0 Å². The summed E-state index contributed by atoms with van der Waals surface area (Å²) in [7, 11) is 2.00. The Bertz CT molecular complexity index is 512. The first-order valence-corrected chi connectivity index (χ1v) is 7.52. The van der Waals surface area contributed by atoms with Gasteiger partial charge in [-0.25, -0.2) is 4.98 Å². The van der Waals surface area contributed by atoms with Crippen LogP contribution in [0.5, 0.6) is 0 Å². The molecule has 0 aliphatic rings. The minimum atomic E-state index is 0.391. The summed E-state index contributed by atoms with van der Waals surface area (Å²) in [6.07, 6.45) is 5.63. The summed E-state index contributed by atoms with van der Waals surface area (Å²) < 4.78 is 1.03. The van der Waals surface area contributed by atoms with E-state index >= 15 is 0 Å². The number of nitrogens with zero attached hydrogens (tertiary/aromatic N) is 2. The Hall–Kier alpha value is -0.780. The maximum absolute atomic E-state index is 4.51. The monoisotopic (exact) mass is 325 g/mol. The van der Waals surface area contributed by atoms with Gasteiger partial charge in [0.25, 0.3) is 0 Å². The van der Waals surface area contributed by atoms with Crippen molar-refractivity contribution in [2.75, 3.05) is 7.05 Å². The molecule has 0 radical (unpaired) electrons. The van der Waals surface area contributed by atoms with Crippen LogP contribution in [0.1, 0.15) is 16.3 Å². The second-order valence-electron chi connectivity index (χ2n) is 4.26. The number of nitrogens with one attached hydrogen (secondary N) is 1. The molecule has 0 aromatic carbocycles. The van der Waals surface area contributed by atoms with Crippen molar-refractivity contribution in [3.63, 3.8) is 0 Å². The summed E-state index contributed by atoms with van der Waals surface area (Å²) in [5.41, 5.74) is 2.40. The third-order valence-electron chi connectivity index (χ3n) is 2.77. The van der Waals surface area contributed by atoms with Crippen molar-refractivity contribution < 1.29 is 0 Å². The Kier molecular flexibility index (Phi) is 4.86. The Morgan fingerprint density at radius 3 is 2.83 bits per heavy atom. The lowest BCUT2D eigenvalue weighted by Gasteiger charge is -2.14. The first-order valence-electron chi connectivity index (χ1n) is 5.85. The molecular formula is C13H16BrN3S. The van der Waals surface area contributed by atoms with Gasteiger partial charge in [-0.05, 0) is 48.0 Å². The van der Waals surface area contributed by atoms with Crippen LogP contribution in [0, 0.1) is 6.92 Å². The molecule has 2 aromatic heterocycles. The highest BCUT2D eigenvalue weighted by molar-refractivity contribution is 9.10. The van der Waals surface area contributed by atoms with Crippen LogP contribution in [-0.4, -0.2) is 23.1 Å².